The van der Waals surface area contributed by atoms with Gasteiger partial charge in [-0.2, -0.15) is 0 Å². The zero-order valence-corrected chi connectivity index (χ0v) is 11.4. The Bertz CT molecular complexity index is 405. The van der Waals surface area contributed by atoms with Crippen LogP contribution in [0.3, 0.4) is 0 Å². The first-order valence-electron chi connectivity index (χ1n) is 6.79. The first kappa shape index (κ1) is 14.0. The van der Waals surface area contributed by atoms with Crippen molar-refractivity contribution in [1.82, 2.24) is 15.2 Å². The lowest BCUT2D eigenvalue weighted by atomic mass is 10.2. The van der Waals surface area contributed by atoms with Gasteiger partial charge in [0.1, 0.15) is 0 Å². The second-order valence-corrected chi connectivity index (χ2v) is 5.23. The van der Waals surface area contributed by atoms with E-state index < -0.39 is 0 Å². The van der Waals surface area contributed by atoms with Gasteiger partial charge in [0.25, 0.3) is 0 Å². The first-order valence-corrected chi connectivity index (χ1v) is 6.79. The third-order valence-corrected chi connectivity index (χ3v) is 3.33. The van der Waals surface area contributed by atoms with Crippen molar-refractivity contribution in [2.24, 2.45) is 5.73 Å². The second-order valence-electron chi connectivity index (χ2n) is 5.23. The molecule has 2 rings (SSSR count). The maximum Gasteiger partial charge on any atom is 0.235 e. The van der Waals surface area contributed by atoms with Gasteiger partial charge in [-0.3, -0.25) is 9.78 Å². The van der Waals surface area contributed by atoms with Gasteiger partial charge in [0.2, 0.25) is 5.91 Å². The number of amides is 1. The molecule has 1 aromatic heterocycles. The van der Waals surface area contributed by atoms with Crippen LogP contribution in [0.5, 0.6) is 0 Å². The first-order chi connectivity index (χ1) is 9.15. The molecule has 1 aliphatic carbocycles. The molecule has 1 unspecified atom stereocenters. The Hall–Kier alpha value is -1.46. The molecule has 1 aliphatic rings. The van der Waals surface area contributed by atoms with Gasteiger partial charge in [-0.1, -0.05) is 6.07 Å². The van der Waals surface area contributed by atoms with Crippen LogP contribution in [0.25, 0.3) is 0 Å². The summed E-state index contributed by atoms with van der Waals surface area (Å²) in [5.74, 6) is -0.267. The molecule has 0 saturated heterocycles. The molecule has 5 nitrogen and oxygen atoms in total. The summed E-state index contributed by atoms with van der Waals surface area (Å²) in [6.07, 6.45) is 4.99. The van der Waals surface area contributed by atoms with E-state index in [9.17, 15) is 4.79 Å². The minimum atomic E-state index is -0.267. The van der Waals surface area contributed by atoms with Gasteiger partial charge >= 0.3 is 0 Å². The van der Waals surface area contributed by atoms with Crippen LogP contribution in [0.4, 0.5) is 0 Å². The molecule has 0 bridgehead atoms. The summed E-state index contributed by atoms with van der Waals surface area (Å²) in [5, 5.41) is 3.29. The maximum atomic E-state index is 11.4. The number of nitrogens with two attached hydrogens (primary N) is 1. The van der Waals surface area contributed by atoms with E-state index in [0.717, 1.165) is 31.5 Å². The molecule has 1 fully saturated rings. The van der Waals surface area contributed by atoms with Crippen molar-refractivity contribution < 1.29 is 4.79 Å². The number of likely N-dealkylation sites (N-methyl/N-ethyl adjacent to an activating group) is 1. The molecule has 0 aromatic carbocycles. The zero-order chi connectivity index (χ0) is 13.7. The topological polar surface area (TPSA) is 71.2 Å². The van der Waals surface area contributed by atoms with Crippen LogP contribution in [-0.4, -0.2) is 48.0 Å². The summed E-state index contributed by atoms with van der Waals surface area (Å²) in [5.41, 5.74) is 6.50. The Morgan fingerprint density at radius 2 is 2.37 bits per heavy atom. The average molecular weight is 262 g/mol. The van der Waals surface area contributed by atoms with Crippen LogP contribution in [0.15, 0.2) is 24.4 Å². The van der Waals surface area contributed by atoms with E-state index in [1.165, 1.54) is 0 Å². The van der Waals surface area contributed by atoms with Gasteiger partial charge in [-0.25, -0.2) is 0 Å². The van der Waals surface area contributed by atoms with Crippen LogP contribution in [0, 0.1) is 0 Å². The van der Waals surface area contributed by atoms with E-state index in [4.69, 9.17) is 5.73 Å². The summed E-state index contributed by atoms with van der Waals surface area (Å²) in [4.78, 5) is 17.8. The van der Waals surface area contributed by atoms with Crippen LogP contribution in [0.1, 0.15) is 18.5 Å². The molecule has 104 valence electrons. The highest BCUT2D eigenvalue weighted by molar-refractivity contribution is 5.80. The number of hydrogen-bond donors (Lipinski definition) is 2. The smallest absolute Gasteiger partial charge is 0.235 e. The molecule has 1 atom stereocenters. The number of primary amides is 1. The number of rotatable bonds is 8. The van der Waals surface area contributed by atoms with E-state index in [2.05, 4.69) is 15.2 Å². The molecule has 0 radical (unpaired) electrons. The Balaban J connectivity index is 1.75. The van der Waals surface area contributed by atoms with Crippen LogP contribution < -0.4 is 11.1 Å². The van der Waals surface area contributed by atoms with E-state index in [-0.39, 0.29) is 11.9 Å². The Morgan fingerprint density at radius 1 is 1.58 bits per heavy atom. The summed E-state index contributed by atoms with van der Waals surface area (Å²) < 4.78 is 0. The molecule has 19 heavy (non-hydrogen) atoms. The van der Waals surface area contributed by atoms with Gasteiger partial charge in [0.15, 0.2) is 0 Å². The lowest BCUT2D eigenvalue weighted by Crippen LogP contribution is -2.49. The fraction of sp³-hybridized carbons (Fsp3) is 0.571. The van der Waals surface area contributed by atoms with E-state index >= 15 is 0 Å². The number of nitrogens with one attached hydrogen (secondary N) is 1. The summed E-state index contributed by atoms with van der Waals surface area (Å²) in [6, 6.07) is 6.16. The zero-order valence-electron chi connectivity index (χ0n) is 11.4. The Morgan fingerprint density at radius 3 is 2.95 bits per heavy atom. The summed E-state index contributed by atoms with van der Waals surface area (Å²) in [7, 11) is 2.01. The SMILES string of the molecule is CN(CCc1ccccn1)CC(NC1CC1)C(N)=O. The number of aromatic nitrogens is 1. The van der Waals surface area contributed by atoms with Gasteiger partial charge in [0, 0.05) is 37.4 Å². The molecule has 5 heteroatoms. The van der Waals surface area contributed by atoms with E-state index in [1.807, 2.05) is 25.2 Å². The Labute approximate surface area is 114 Å². The molecule has 0 aliphatic heterocycles. The van der Waals surface area contributed by atoms with Crippen molar-refractivity contribution in [3.8, 4) is 0 Å². The van der Waals surface area contributed by atoms with Gasteiger partial charge < -0.3 is 16.0 Å². The number of pyridine rings is 1. The minimum Gasteiger partial charge on any atom is -0.368 e. The third kappa shape index (κ3) is 4.96. The molecule has 1 amide bonds. The normalized spacial score (nSPS) is 16.5. The molecule has 3 N–H and O–H groups in total. The highest BCUT2D eigenvalue weighted by Gasteiger charge is 2.27. The molecule has 0 spiro atoms. The fourth-order valence-electron chi connectivity index (χ4n) is 2.01. The average Bonchev–Trinajstić information content (AvgIpc) is 3.21. The lowest BCUT2D eigenvalue weighted by molar-refractivity contribution is -0.120. The number of carbonyl (C=O) groups is 1. The van der Waals surface area contributed by atoms with Crippen molar-refractivity contribution in [3.63, 3.8) is 0 Å². The van der Waals surface area contributed by atoms with Gasteiger partial charge in [-0.15, -0.1) is 0 Å². The van der Waals surface area contributed by atoms with Crippen LogP contribution in [-0.2, 0) is 11.2 Å². The quantitative estimate of drug-likeness (QED) is 0.700. The Kier molecular flexibility index (Phi) is 4.87. The molecule has 1 heterocycles. The fourth-order valence-corrected chi connectivity index (χ4v) is 2.01. The maximum absolute atomic E-state index is 11.4. The van der Waals surface area contributed by atoms with Crippen LogP contribution in [0.2, 0.25) is 0 Å². The van der Waals surface area contributed by atoms with Crippen molar-refractivity contribution >= 4 is 5.91 Å². The van der Waals surface area contributed by atoms with Crippen molar-refractivity contribution in [2.45, 2.75) is 31.3 Å². The molecule has 1 aromatic rings. The number of hydrogen-bond acceptors (Lipinski definition) is 4. The van der Waals surface area contributed by atoms with Gasteiger partial charge in [-0.05, 0) is 32.0 Å². The van der Waals surface area contributed by atoms with Gasteiger partial charge in [0.05, 0.1) is 6.04 Å². The number of nitrogens with zero attached hydrogens (tertiary/aromatic N) is 2. The highest BCUT2D eigenvalue weighted by atomic mass is 16.1. The highest BCUT2D eigenvalue weighted by Crippen LogP contribution is 2.19. The second kappa shape index (κ2) is 6.63. The van der Waals surface area contributed by atoms with E-state index in [1.54, 1.807) is 6.20 Å². The van der Waals surface area contributed by atoms with Crippen LogP contribution >= 0.6 is 0 Å². The van der Waals surface area contributed by atoms with Crippen molar-refractivity contribution in [3.05, 3.63) is 30.1 Å². The standard InChI is InChI=1S/C14H22N4O/c1-18(9-7-11-4-2-3-8-16-11)10-13(14(15)19)17-12-5-6-12/h2-4,8,12-13,17H,5-7,9-10H2,1H3,(H2,15,19). The molecular weight excluding hydrogens is 240 g/mol. The largest absolute Gasteiger partial charge is 0.368 e. The molecule has 1 saturated carbocycles. The third-order valence-electron chi connectivity index (χ3n) is 3.33. The molecular formula is C14H22N4O. The van der Waals surface area contributed by atoms with Crippen molar-refractivity contribution in [1.29, 1.82) is 0 Å². The van der Waals surface area contributed by atoms with Crippen molar-refractivity contribution in [2.75, 3.05) is 20.1 Å². The summed E-state index contributed by atoms with van der Waals surface area (Å²) in [6.45, 7) is 1.52. The predicted molar refractivity (Wildman–Crippen MR) is 74.6 cm³/mol. The lowest BCUT2D eigenvalue weighted by Gasteiger charge is -2.22. The predicted octanol–water partition coefficient (Wildman–Crippen LogP) is 0.162. The monoisotopic (exact) mass is 262 g/mol. The van der Waals surface area contributed by atoms with E-state index in [0.29, 0.717) is 12.6 Å². The number of carbonyl (C=O) groups excluding carboxylic acids is 1. The minimum absolute atomic E-state index is 0.249. The summed E-state index contributed by atoms with van der Waals surface area (Å²) >= 11 is 0.